The zero-order chi connectivity index (χ0) is 19.3. The Kier molecular flexibility index (Phi) is 5.37. The molecule has 2 heterocycles. The van der Waals surface area contributed by atoms with Crippen LogP contribution < -0.4 is 10.6 Å². The molecule has 0 atom stereocenters. The minimum absolute atomic E-state index is 0.237. The van der Waals surface area contributed by atoms with Crippen molar-refractivity contribution in [2.75, 3.05) is 5.32 Å². The van der Waals surface area contributed by atoms with Crippen molar-refractivity contribution in [1.82, 2.24) is 20.1 Å². The Morgan fingerprint density at radius 3 is 2.64 bits per heavy atom. The van der Waals surface area contributed by atoms with Gasteiger partial charge in [0.05, 0.1) is 29.7 Å². The highest BCUT2D eigenvalue weighted by molar-refractivity contribution is 5.89. The van der Waals surface area contributed by atoms with Gasteiger partial charge in [-0.05, 0) is 50.1 Å². The van der Waals surface area contributed by atoms with Crippen LogP contribution in [-0.2, 0) is 6.54 Å². The number of nitrogens with one attached hydrogen (secondary N) is 2. The number of rotatable bonds is 5. The van der Waals surface area contributed by atoms with E-state index >= 15 is 0 Å². The van der Waals surface area contributed by atoms with Gasteiger partial charge in [-0.25, -0.2) is 4.79 Å². The number of aryl methyl sites for hydroxylation is 1. The number of anilines is 1. The van der Waals surface area contributed by atoms with Crippen LogP contribution in [0.25, 0.3) is 11.4 Å². The average Bonchev–Trinajstić information content (AvgIpc) is 3.38. The molecule has 0 radical (unpaired) electrons. The van der Waals surface area contributed by atoms with Crippen molar-refractivity contribution in [2.45, 2.75) is 45.2 Å². The summed E-state index contributed by atoms with van der Waals surface area (Å²) >= 11 is 0. The molecule has 6 nitrogen and oxygen atoms in total. The van der Waals surface area contributed by atoms with E-state index in [0.717, 1.165) is 41.2 Å². The Morgan fingerprint density at radius 1 is 1.14 bits per heavy atom. The molecule has 1 fully saturated rings. The number of urea groups is 1. The molecule has 6 heteroatoms. The van der Waals surface area contributed by atoms with Gasteiger partial charge < -0.3 is 10.6 Å². The van der Waals surface area contributed by atoms with Crippen molar-refractivity contribution >= 4 is 11.7 Å². The van der Waals surface area contributed by atoms with Crippen LogP contribution in [-0.4, -0.2) is 20.8 Å². The highest BCUT2D eigenvalue weighted by atomic mass is 16.2. The molecule has 0 bridgehead atoms. The summed E-state index contributed by atoms with van der Waals surface area (Å²) in [4.78, 5) is 16.7. The highest BCUT2D eigenvalue weighted by Crippen LogP contribution is 2.33. The van der Waals surface area contributed by atoms with Gasteiger partial charge in [0.2, 0.25) is 0 Å². The molecule has 144 valence electrons. The van der Waals surface area contributed by atoms with Gasteiger partial charge in [0.15, 0.2) is 0 Å². The number of hydrogen-bond acceptors (Lipinski definition) is 3. The lowest BCUT2D eigenvalue weighted by atomic mass is 10.2. The van der Waals surface area contributed by atoms with Gasteiger partial charge in [-0.2, -0.15) is 5.10 Å². The van der Waals surface area contributed by atoms with E-state index in [-0.39, 0.29) is 6.03 Å². The molecule has 0 spiro atoms. The Morgan fingerprint density at radius 2 is 1.93 bits per heavy atom. The molecule has 1 aromatic carbocycles. The number of pyridine rings is 1. The topological polar surface area (TPSA) is 71.8 Å². The maximum absolute atomic E-state index is 12.2. The minimum atomic E-state index is -0.237. The number of carbonyl (C=O) groups excluding carboxylic acids is 1. The third kappa shape index (κ3) is 4.22. The lowest BCUT2D eigenvalue weighted by Crippen LogP contribution is -2.28. The summed E-state index contributed by atoms with van der Waals surface area (Å²) in [5.41, 5.74) is 4.70. The zero-order valence-electron chi connectivity index (χ0n) is 16.1. The van der Waals surface area contributed by atoms with Crippen LogP contribution in [0.1, 0.15) is 43.0 Å². The van der Waals surface area contributed by atoms with Gasteiger partial charge >= 0.3 is 6.03 Å². The maximum Gasteiger partial charge on any atom is 0.319 e. The van der Waals surface area contributed by atoms with Crippen molar-refractivity contribution in [3.05, 3.63) is 66.0 Å². The number of amides is 2. The highest BCUT2D eigenvalue weighted by Gasteiger charge is 2.22. The molecule has 2 amide bonds. The number of aromatic nitrogens is 3. The number of carbonyl (C=O) groups is 1. The standard InChI is InChI=1S/C22H25N5O/c1-16-9-11-17(12-10-16)25-22(28)24-15-18-14-21(20-8-4-5-13-23-20)27(26-18)19-6-2-3-7-19/h4-5,8-14,19H,2-3,6-7,15H2,1H3,(H2,24,25,28). The van der Waals surface area contributed by atoms with Crippen molar-refractivity contribution in [3.63, 3.8) is 0 Å². The van der Waals surface area contributed by atoms with E-state index < -0.39 is 0 Å². The molecule has 1 saturated carbocycles. The molecular formula is C22H25N5O. The van der Waals surface area contributed by atoms with E-state index in [0.29, 0.717) is 12.6 Å². The molecule has 2 N–H and O–H groups in total. The Hall–Kier alpha value is -3.15. The normalized spacial score (nSPS) is 14.2. The summed E-state index contributed by atoms with van der Waals surface area (Å²) in [5, 5.41) is 10.5. The molecular weight excluding hydrogens is 350 g/mol. The van der Waals surface area contributed by atoms with Crippen LogP contribution in [0, 0.1) is 6.92 Å². The fourth-order valence-electron chi connectivity index (χ4n) is 3.65. The molecule has 0 saturated heterocycles. The summed E-state index contributed by atoms with van der Waals surface area (Å²) in [6, 6.07) is 15.8. The zero-order valence-corrected chi connectivity index (χ0v) is 16.1. The monoisotopic (exact) mass is 375 g/mol. The van der Waals surface area contributed by atoms with Gasteiger partial charge in [-0.1, -0.05) is 36.6 Å². The summed E-state index contributed by atoms with van der Waals surface area (Å²) in [5.74, 6) is 0. The number of hydrogen-bond donors (Lipinski definition) is 2. The maximum atomic E-state index is 12.2. The van der Waals surface area contributed by atoms with E-state index in [9.17, 15) is 4.79 Å². The van der Waals surface area contributed by atoms with Crippen LogP contribution in [0.4, 0.5) is 10.5 Å². The molecule has 0 unspecified atom stereocenters. The van der Waals surface area contributed by atoms with Crippen LogP contribution in [0.15, 0.2) is 54.7 Å². The second-order valence-electron chi connectivity index (χ2n) is 7.29. The molecule has 1 aliphatic carbocycles. The minimum Gasteiger partial charge on any atom is -0.332 e. The molecule has 3 aromatic rings. The summed E-state index contributed by atoms with van der Waals surface area (Å²) in [6.07, 6.45) is 6.55. The quantitative estimate of drug-likeness (QED) is 0.679. The van der Waals surface area contributed by atoms with Crippen LogP contribution in [0.5, 0.6) is 0 Å². The van der Waals surface area contributed by atoms with Gasteiger partial charge in [0.1, 0.15) is 0 Å². The summed E-state index contributed by atoms with van der Waals surface area (Å²) in [7, 11) is 0. The van der Waals surface area contributed by atoms with Crippen molar-refractivity contribution in [3.8, 4) is 11.4 Å². The predicted octanol–water partition coefficient (Wildman–Crippen LogP) is 4.69. The lowest BCUT2D eigenvalue weighted by Gasteiger charge is -2.13. The SMILES string of the molecule is Cc1ccc(NC(=O)NCc2cc(-c3ccccn3)n(C3CCCC3)n2)cc1. The third-order valence-electron chi connectivity index (χ3n) is 5.12. The number of benzene rings is 1. The first kappa shape index (κ1) is 18.2. The summed E-state index contributed by atoms with van der Waals surface area (Å²) in [6.45, 7) is 2.39. The van der Waals surface area contributed by atoms with Crippen molar-refractivity contribution < 1.29 is 4.79 Å². The molecule has 0 aliphatic heterocycles. The molecule has 1 aliphatic rings. The van der Waals surface area contributed by atoms with Gasteiger partial charge in [0.25, 0.3) is 0 Å². The Labute approximate surface area is 165 Å². The molecule has 2 aromatic heterocycles. The van der Waals surface area contributed by atoms with Gasteiger partial charge in [-0.3, -0.25) is 9.67 Å². The second-order valence-corrected chi connectivity index (χ2v) is 7.29. The van der Waals surface area contributed by atoms with Crippen LogP contribution >= 0.6 is 0 Å². The van der Waals surface area contributed by atoms with Gasteiger partial charge in [-0.15, -0.1) is 0 Å². The fraction of sp³-hybridized carbons (Fsp3) is 0.318. The molecule has 28 heavy (non-hydrogen) atoms. The lowest BCUT2D eigenvalue weighted by molar-refractivity contribution is 0.251. The first-order chi connectivity index (χ1) is 13.7. The summed E-state index contributed by atoms with van der Waals surface area (Å²) < 4.78 is 2.10. The van der Waals surface area contributed by atoms with E-state index in [1.54, 1.807) is 6.20 Å². The fourth-order valence-corrected chi connectivity index (χ4v) is 3.65. The van der Waals surface area contributed by atoms with Crippen molar-refractivity contribution in [2.24, 2.45) is 0 Å². The average molecular weight is 375 g/mol. The van der Waals surface area contributed by atoms with E-state index in [4.69, 9.17) is 5.10 Å². The van der Waals surface area contributed by atoms with Gasteiger partial charge in [0, 0.05) is 11.9 Å². The van der Waals surface area contributed by atoms with E-state index in [2.05, 4.69) is 20.3 Å². The second kappa shape index (κ2) is 8.25. The van der Waals surface area contributed by atoms with E-state index in [1.165, 1.54) is 12.8 Å². The first-order valence-corrected chi connectivity index (χ1v) is 9.80. The third-order valence-corrected chi connectivity index (χ3v) is 5.12. The largest absolute Gasteiger partial charge is 0.332 e. The van der Waals surface area contributed by atoms with Crippen LogP contribution in [0.3, 0.4) is 0 Å². The Balaban J connectivity index is 1.47. The van der Waals surface area contributed by atoms with E-state index in [1.807, 2.05) is 55.5 Å². The smallest absolute Gasteiger partial charge is 0.319 e. The van der Waals surface area contributed by atoms with Crippen LogP contribution in [0.2, 0.25) is 0 Å². The number of nitrogens with zero attached hydrogens (tertiary/aromatic N) is 3. The molecule has 4 rings (SSSR count). The Bertz CT molecular complexity index is 927. The first-order valence-electron chi connectivity index (χ1n) is 9.80. The predicted molar refractivity (Wildman–Crippen MR) is 110 cm³/mol. The van der Waals surface area contributed by atoms with Crippen molar-refractivity contribution in [1.29, 1.82) is 0 Å².